The molecule has 0 fully saturated rings. The Labute approximate surface area is 130 Å². The maximum Gasteiger partial charge on any atom is 0.373 e. The molecule has 1 N–H and O–H groups in total. The van der Waals surface area contributed by atoms with Crippen molar-refractivity contribution < 1.29 is 29.2 Å². The molecule has 0 amide bonds. The zero-order valence-corrected chi connectivity index (χ0v) is 12.6. The Hall–Kier alpha value is -3.17. The molecule has 0 atom stereocenters. The number of methoxy groups -OCH3 is 1. The largest absolute Gasteiger partial charge is 0.502 e. The van der Waals surface area contributed by atoms with Crippen molar-refractivity contribution in [2.24, 2.45) is 0 Å². The zero-order valence-electron chi connectivity index (χ0n) is 12.6. The summed E-state index contributed by atoms with van der Waals surface area (Å²) >= 11 is 0. The molecule has 1 aromatic carbocycles. The van der Waals surface area contributed by atoms with E-state index < -0.39 is 38.5 Å². The lowest BCUT2D eigenvalue weighted by Gasteiger charge is -2.09. The average Bonchev–Trinajstić information content (AvgIpc) is 2.47. The molecule has 0 saturated carbocycles. The Morgan fingerprint density at radius 3 is 2.39 bits per heavy atom. The van der Waals surface area contributed by atoms with E-state index in [4.69, 9.17) is 4.74 Å². The SMILES string of the molecule is CCOC(=O)C(O)=Cc1c([N+](=O)[O-])cc(C)c(OC)c1[N+](=O)[O-]. The first-order chi connectivity index (χ1) is 10.7. The van der Waals surface area contributed by atoms with Crippen LogP contribution in [-0.4, -0.2) is 34.6 Å². The Bertz CT molecular complexity index is 696. The number of carbonyl (C=O) groups is 1. The van der Waals surface area contributed by atoms with Gasteiger partial charge in [0.1, 0.15) is 5.56 Å². The minimum Gasteiger partial charge on any atom is -0.502 e. The van der Waals surface area contributed by atoms with Gasteiger partial charge in [-0.1, -0.05) is 0 Å². The summed E-state index contributed by atoms with van der Waals surface area (Å²) in [7, 11) is 1.17. The molecule has 1 rings (SSSR count). The van der Waals surface area contributed by atoms with E-state index in [2.05, 4.69) is 4.74 Å². The van der Waals surface area contributed by atoms with Crippen LogP contribution < -0.4 is 4.74 Å². The number of rotatable bonds is 6. The summed E-state index contributed by atoms with van der Waals surface area (Å²) in [5.41, 5.74) is -1.77. The Balaban J connectivity index is 3.73. The second-order valence-electron chi connectivity index (χ2n) is 4.27. The predicted molar refractivity (Wildman–Crippen MR) is 78.3 cm³/mol. The fourth-order valence-corrected chi connectivity index (χ4v) is 1.91. The highest BCUT2D eigenvalue weighted by molar-refractivity contribution is 5.93. The zero-order chi connectivity index (χ0) is 17.7. The van der Waals surface area contributed by atoms with Gasteiger partial charge in [0.15, 0.2) is 0 Å². The summed E-state index contributed by atoms with van der Waals surface area (Å²) in [5, 5.41) is 32.1. The summed E-state index contributed by atoms with van der Waals surface area (Å²) in [6, 6.07) is 1.05. The number of benzene rings is 1. The van der Waals surface area contributed by atoms with Gasteiger partial charge in [-0.25, -0.2) is 4.79 Å². The van der Waals surface area contributed by atoms with Crippen LogP contribution in [0.2, 0.25) is 0 Å². The van der Waals surface area contributed by atoms with Crippen LogP contribution in [0.4, 0.5) is 11.4 Å². The van der Waals surface area contributed by atoms with E-state index in [1.807, 2.05) is 0 Å². The van der Waals surface area contributed by atoms with Crippen molar-refractivity contribution in [2.75, 3.05) is 13.7 Å². The lowest BCUT2D eigenvalue weighted by molar-refractivity contribution is -0.395. The van der Waals surface area contributed by atoms with Crippen LogP contribution in [0, 0.1) is 27.2 Å². The third-order valence-electron chi connectivity index (χ3n) is 2.81. The fraction of sp³-hybridized carbons (Fsp3) is 0.308. The second-order valence-corrected chi connectivity index (χ2v) is 4.27. The van der Waals surface area contributed by atoms with Crippen molar-refractivity contribution in [2.45, 2.75) is 13.8 Å². The van der Waals surface area contributed by atoms with E-state index >= 15 is 0 Å². The minimum atomic E-state index is -1.16. The highest BCUT2D eigenvalue weighted by Crippen LogP contribution is 2.41. The molecule has 0 heterocycles. The molecular weight excluding hydrogens is 312 g/mol. The second kappa shape index (κ2) is 7.20. The molecule has 124 valence electrons. The molecule has 23 heavy (non-hydrogen) atoms. The van der Waals surface area contributed by atoms with E-state index in [9.17, 15) is 30.1 Å². The van der Waals surface area contributed by atoms with Gasteiger partial charge < -0.3 is 14.6 Å². The minimum absolute atomic E-state index is 0.0435. The van der Waals surface area contributed by atoms with Crippen LogP contribution in [-0.2, 0) is 9.53 Å². The van der Waals surface area contributed by atoms with Crippen molar-refractivity contribution in [3.63, 3.8) is 0 Å². The predicted octanol–water partition coefficient (Wildman–Crippen LogP) is 2.28. The van der Waals surface area contributed by atoms with Gasteiger partial charge >= 0.3 is 11.7 Å². The van der Waals surface area contributed by atoms with Gasteiger partial charge in [0.05, 0.1) is 23.6 Å². The maximum atomic E-state index is 11.4. The molecule has 1 aromatic rings. The van der Waals surface area contributed by atoms with Crippen LogP contribution in [0.3, 0.4) is 0 Å². The molecule has 0 aliphatic heterocycles. The molecule has 0 aromatic heterocycles. The van der Waals surface area contributed by atoms with Crippen molar-refractivity contribution in [1.82, 2.24) is 0 Å². The summed E-state index contributed by atoms with van der Waals surface area (Å²) in [4.78, 5) is 32.1. The van der Waals surface area contributed by atoms with Gasteiger partial charge in [-0.3, -0.25) is 20.2 Å². The smallest absolute Gasteiger partial charge is 0.373 e. The number of esters is 1. The molecule has 0 unspecified atom stereocenters. The quantitative estimate of drug-likeness (QED) is 0.276. The van der Waals surface area contributed by atoms with Crippen molar-refractivity contribution in [3.05, 3.63) is 43.2 Å². The summed E-state index contributed by atoms with van der Waals surface area (Å²) in [6.07, 6.45) is 0.621. The van der Waals surface area contributed by atoms with Crippen molar-refractivity contribution >= 4 is 23.4 Å². The number of carbonyl (C=O) groups excluding carboxylic acids is 1. The summed E-state index contributed by atoms with van der Waals surface area (Å²) in [6.45, 7) is 2.85. The van der Waals surface area contributed by atoms with E-state index in [1.165, 1.54) is 21.0 Å². The number of aryl methyl sites for hydroxylation is 1. The average molecular weight is 326 g/mol. The van der Waals surface area contributed by atoms with Crippen LogP contribution in [0.1, 0.15) is 18.1 Å². The van der Waals surface area contributed by atoms with Crippen molar-refractivity contribution in [1.29, 1.82) is 0 Å². The number of hydrogen-bond donors (Lipinski definition) is 1. The number of nitro benzene ring substituents is 2. The van der Waals surface area contributed by atoms with Gasteiger partial charge in [-0.05, 0) is 13.8 Å². The van der Waals surface area contributed by atoms with Crippen molar-refractivity contribution in [3.8, 4) is 5.75 Å². The number of ether oxygens (including phenoxy) is 2. The van der Waals surface area contributed by atoms with Gasteiger partial charge in [0.2, 0.25) is 11.5 Å². The summed E-state index contributed by atoms with van der Waals surface area (Å²) in [5.74, 6) is -2.36. The fourth-order valence-electron chi connectivity index (χ4n) is 1.91. The van der Waals surface area contributed by atoms with E-state index in [-0.39, 0.29) is 17.9 Å². The van der Waals surface area contributed by atoms with E-state index in [0.717, 1.165) is 6.07 Å². The lowest BCUT2D eigenvalue weighted by Crippen LogP contribution is -2.08. The topological polar surface area (TPSA) is 142 Å². The normalized spacial score (nSPS) is 11.0. The third-order valence-corrected chi connectivity index (χ3v) is 2.81. The molecule has 0 saturated heterocycles. The molecule has 10 nitrogen and oxygen atoms in total. The van der Waals surface area contributed by atoms with Gasteiger partial charge in [0, 0.05) is 17.7 Å². The molecule has 0 spiro atoms. The lowest BCUT2D eigenvalue weighted by atomic mass is 10.0. The molecule has 0 bridgehead atoms. The van der Waals surface area contributed by atoms with Gasteiger partial charge in [-0.2, -0.15) is 0 Å². The molecule has 0 radical (unpaired) electrons. The van der Waals surface area contributed by atoms with Crippen LogP contribution >= 0.6 is 0 Å². The Kier molecular flexibility index (Phi) is 5.60. The number of aliphatic hydroxyl groups is 1. The number of hydrogen-bond acceptors (Lipinski definition) is 8. The number of nitro groups is 2. The number of nitrogens with zero attached hydrogens (tertiary/aromatic N) is 2. The summed E-state index contributed by atoms with van der Waals surface area (Å²) < 4.78 is 9.44. The van der Waals surface area contributed by atoms with Crippen LogP contribution in [0.15, 0.2) is 11.8 Å². The Morgan fingerprint density at radius 2 is 1.96 bits per heavy atom. The Morgan fingerprint density at radius 1 is 1.35 bits per heavy atom. The first-order valence-electron chi connectivity index (χ1n) is 6.32. The first-order valence-corrected chi connectivity index (χ1v) is 6.32. The molecule has 0 aliphatic carbocycles. The first kappa shape index (κ1) is 17.9. The van der Waals surface area contributed by atoms with Gasteiger partial charge in [0.25, 0.3) is 5.69 Å². The van der Waals surface area contributed by atoms with Crippen LogP contribution in [0.5, 0.6) is 5.75 Å². The molecular formula is C13H14N2O8. The highest BCUT2D eigenvalue weighted by atomic mass is 16.6. The van der Waals surface area contributed by atoms with E-state index in [1.54, 1.807) is 0 Å². The standard InChI is InChI=1S/C13H14N2O8/c1-4-23-13(17)10(16)6-8-9(14(18)19)5-7(2)12(22-3)11(8)15(20)21/h5-6,16H,4H2,1-3H3. The molecule has 0 aliphatic rings. The monoisotopic (exact) mass is 326 g/mol. The van der Waals surface area contributed by atoms with Crippen LogP contribution in [0.25, 0.3) is 6.08 Å². The third kappa shape index (κ3) is 3.73. The highest BCUT2D eigenvalue weighted by Gasteiger charge is 2.31. The number of aliphatic hydroxyl groups excluding tert-OH is 1. The molecule has 10 heteroatoms. The van der Waals surface area contributed by atoms with E-state index in [0.29, 0.717) is 6.08 Å². The maximum absolute atomic E-state index is 11.4. The van der Waals surface area contributed by atoms with Gasteiger partial charge in [-0.15, -0.1) is 0 Å².